The monoisotopic (exact) mass is 384 g/mol. The van der Waals surface area contributed by atoms with Crippen LogP contribution in [-0.2, 0) is 4.79 Å². The Morgan fingerprint density at radius 2 is 2.17 bits per heavy atom. The summed E-state index contributed by atoms with van der Waals surface area (Å²) in [7, 11) is 0. The summed E-state index contributed by atoms with van der Waals surface area (Å²) in [4.78, 5) is 25.7. The zero-order valence-electron chi connectivity index (χ0n) is 16.0. The number of hydrogen-bond donors (Lipinski definition) is 2. The molecule has 0 aromatic carbocycles. The van der Waals surface area contributed by atoms with Crippen LogP contribution in [0, 0.1) is 41.9 Å². The zero-order valence-corrected chi connectivity index (χ0v) is 16.0. The Morgan fingerprint density at radius 3 is 2.97 bits per heavy atom. The molecule has 0 aliphatic heterocycles. The van der Waals surface area contributed by atoms with Crippen LogP contribution in [0.25, 0.3) is 22.0 Å². The maximum atomic E-state index is 12.7. The van der Waals surface area contributed by atoms with E-state index in [-0.39, 0.29) is 23.7 Å². The molecule has 0 radical (unpaired) electrons. The maximum Gasteiger partial charge on any atom is 0.229 e. The predicted octanol–water partition coefficient (Wildman–Crippen LogP) is 3.32. The standard InChI is InChI=1S/C22H20N6O/c1-11-4-5-25-9-15(11)17-6-13-7-18(26-10-16(13)21(24)27-17)28-22(29)20-14-3-2-12(8-23)19(14)20/h4-7,9-10,12,14,19-20H,2-3H2,1H3,(H2,24,27)(H,26,28,29)/t12?,14?,19-,20+/m0/s1. The van der Waals surface area contributed by atoms with Gasteiger partial charge in [0.25, 0.3) is 0 Å². The third kappa shape index (κ3) is 2.88. The summed E-state index contributed by atoms with van der Waals surface area (Å²) in [6.45, 7) is 2.00. The molecule has 1 amide bonds. The molecule has 0 spiro atoms. The van der Waals surface area contributed by atoms with Crippen LogP contribution in [0.5, 0.6) is 0 Å². The second-order valence-corrected chi connectivity index (χ2v) is 7.94. The minimum absolute atomic E-state index is 0.0106. The van der Waals surface area contributed by atoms with Crippen molar-refractivity contribution in [2.45, 2.75) is 19.8 Å². The number of hydrogen-bond acceptors (Lipinski definition) is 6. The van der Waals surface area contributed by atoms with E-state index in [1.54, 1.807) is 18.6 Å². The van der Waals surface area contributed by atoms with Crippen LogP contribution in [0.4, 0.5) is 11.6 Å². The number of nitrogens with one attached hydrogen (secondary N) is 1. The molecule has 144 valence electrons. The fourth-order valence-corrected chi connectivity index (χ4v) is 4.73. The van der Waals surface area contributed by atoms with Crippen molar-refractivity contribution in [1.82, 2.24) is 15.0 Å². The average Bonchev–Trinajstić information content (AvgIpc) is 3.28. The number of carbonyl (C=O) groups is 1. The number of aryl methyl sites for hydroxylation is 1. The van der Waals surface area contributed by atoms with Crippen LogP contribution >= 0.6 is 0 Å². The van der Waals surface area contributed by atoms with Gasteiger partial charge in [0.1, 0.15) is 11.6 Å². The summed E-state index contributed by atoms with van der Waals surface area (Å²) < 4.78 is 0. The fourth-order valence-electron chi connectivity index (χ4n) is 4.73. The largest absolute Gasteiger partial charge is 0.383 e. The highest BCUT2D eigenvalue weighted by atomic mass is 16.2. The number of fused-ring (bicyclic) bond motifs is 2. The van der Waals surface area contributed by atoms with Crippen molar-refractivity contribution in [2.75, 3.05) is 11.1 Å². The van der Waals surface area contributed by atoms with Gasteiger partial charge in [0.15, 0.2) is 0 Å². The quantitative estimate of drug-likeness (QED) is 0.715. The Kier molecular flexibility index (Phi) is 3.95. The smallest absolute Gasteiger partial charge is 0.229 e. The average molecular weight is 384 g/mol. The van der Waals surface area contributed by atoms with Crippen molar-refractivity contribution in [3.05, 3.63) is 42.4 Å². The lowest BCUT2D eigenvalue weighted by molar-refractivity contribution is -0.118. The van der Waals surface area contributed by atoms with Gasteiger partial charge in [-0.15, -0.1) is 0 Å². The Bertz CT molecular complexity index is 1180. The Hall–Kier alpha value is -3.53. The van der Waals surface area contributed by atoms with Gasteiger partial charge in [0.2, 0.25) is 5.91 Å². The van der Waals surface area contributed by atoms with Gasteiger partial charge in [-0.2, -0.15) is 5.26 Å². The molecule has 7 heteroatoms. The first-order valence-corrected chi connectivity index (χ1v) is 9.74. The number of aromatic nitrogens is 3. The van der Waals surface area contributed by atoms with Gasteiger partial charge in [-0.05, 0) is 60.7 Å². The number of nitrogens with two attached hydrogens (primary N) is 1. The molecule has 2 unspecified atom stereocenters. The van der Waals surface area contributed by atoms with E-state index < -0.39 is 0 Å². The van der Waals surface area contributed by atoms with Gasteiger partial charge in [-0.3, -0.25) is 9.78 Å². The number of nitrogens with zero attached hydrogens (tertiary/aromatic N) is 4. The summed E-state index contributed by atoms with van der Waals surface area (Å²) in [5.41, 5.74) is 8.86. The lowest BCUT2D eigenvalue weighted by atomic mass is 10.0. The first kappa shape index (κ1) is 17.6. The van der Waals surface area contributed by atoms with E-state index in [1.165, 1.54) is 0 Å². The van der Waals surface area contributed by atoms with E-state index in [0.29, 0.717) is 17.6 Å². The van der Waals surface area contributed by atoms with E-state index in [2.05, 4.69) is 26.3 Å². The molecular formula is C22H20N6O. The highest BCUT2D eigenvalue weighted by molar-refractivity contribution is 5.98. The van der Waals surface area contributed by atoms with Gasteiger partial charge in [0, 0.05) is 35.5 Å². The minimum atomic E-state index is -0.0676. The topological polar surface area (TPSA) is 118 Å². The van der Waals surface area contributed by atoms with Crippen LogP contribution in [0.1, 0.15) is 18.4 Å². The zero-order chi connectivity index (χ0) is 20.1. The molecule has 7 nitrogen and oxygen atoms in total. The molecule has 2 saturated carbocycles. The first-order valence-electron chi connectivity index (χ1n) is 9.74. The molecule has 2 fully saturated rings. The van der Waals surface area contributed by atoms with Crippen molar-refractivity contribution < 1.29 is 4.79 Å². The van der Waals surface area contributed by atoms with Crippen LogP contribution in [0.15, 0.2) is 36.8 Å². The van der Waals surface area contributed by atoms with E-state index in [9.17, 15) is 10.1 Å². The lowest BCUT2D eigenvalue weighted by Crippen LogP contribution is -2.19. The van der Waals surface area contributed by atoms with Crippen molar-refractivity contribution in [3.63, 3.8) is 0 Å². The molecule has 0 saturated heterocycles. The SMILES string of the molecule is Cc1ccncc1-c1cc2cc(NC(=O)[C@@H]3C4CCC(C#N)[C@@H]43)ncc2c(N)n1. The van der Waals surface area contributed by atoms with E-state index in [0.717, 1.165) is 40.4 Å². The molecule has 2 aliphatic carbocycles. The predicted molar refractivity (Wildman–Crippen MR) is 109 cm³/mol. The normalized spacial score (nSPS) is 24.7. The summed E-state index contributed by atoms with van der Waals surface area (Å²) in [5, 5.41) is 13.7. The van der Waals surface area contributed by atoms with Crippen LogP contribution in [-0.4, -0.2) is 20.9 Å². The van der Waals surface area contributed by atoms with E-state index >= 15 is 0 Å². The number of pyridine rings is 3. The van der Waals surface area contributed by atoms with Crippen molar-refractivity contribution in [1.29, 1.82) is 5.26 Å². The third-order valence-corrected chi connectivity index (χ3v) is 6.28. The van der Waals surface area contributed by atoms with Crippen molar-refractivity contribution >= 4 is 28.3 Å². The van der Waals surface area contributed by atoms with Gasteiger partial charge in [-0.1, -0.05) is 0 Å². The number of amides is 1. The molecule has 2 aliphatic rings. The van der Waals surface area contributed by atoms with Gasteiger partial charge >= 0.3 is 0 Å². The number of rotatable bonds is 3. The van der Waals surface area contributed by atoms with Gasteiger partial charge in [0.05, 0.1) is 17.7 Å². The number of nitrogen functional groups attached to an aromatic ring is 1. The number of anilines is 2. The summed E-state index contributed by atoms with van der Waals surface area (Å²) in [6.07, 6.45) is 7.02. The first-order chi connectivity index (χ1) is 14.1. The van der Waals surface area contributed by atoms with Crippen molar-refractivity contribution in [2.24, 2.45) is 23.7 Å². The highest BCUT2D eigenvalue weighted by Crippen LogP contribution is 2.60. The summed E-state index contributed by atoms with van der Waals surface area (Å²) in [5.74, 6) is 1.33. The van der Waals surface area contributed by atoms with Crippen LogP contribution < -0.4 is 11.1 Å². The number of nitriles is 1. The Labute approximate surface area is 168 Å². The minimum Gasteiger partial charge on any atom is -0.383 e. The molecule has 5 rings (SSSR count). The molecule has 3 aromatic heterocycles. The van der Waals surface area contributed by atoms with Crippen LogP contribution in [0.3, 0.4) is 0 Å². The lowest BCUT2D eigenvalue weighted by Gasteiger charge is -2.11. The van der Waals surface area contributed by atoms with Crippen molar-refractivity contribution in [3.8, 4) is 17.3 Å². The summed E-state index contributed by atoms with van der Waals surface area (Å²) in [6, 6.07) is 8.02. The molecule has 4 atom stereocenters. The van der Waals surface area contributed by atoms with E-state index in [1.807, 2.05) is 25.1 Å². The third-order valence-electron chi connectivity index (χ3n) is 6.28. The molecule has 0 bridgehead atoms. The van der Waals surface area contributed by atoms with Gasteiger partial charge < -0.3 is 11.1 Å². The fraction of sp³-hybridized carbons (Fsp3) is 0.318. The molecule has 29 heavy (non-hydrogen) atoms. The van der Waals surface area contributed by atoms with E-state index in [4.69, 9.17) is 5.73 Å². The molecule has 3 aromatic rings. The maximum absolute atomic E-state index is 12.7. The number of carbonyl (C=O) groups excluding carboxylic acids is 1. The molecule has 3 heterocycles. The Balaban J connectivity index is 1.44. The molecular weight excluding hydrogens is 364 g/mol. The second kappa shape index (κ2) is 6.52. The second-order valence-electron chi connectivity index (χ2n) is 7.94. The summed E-state index contributed by atoms with van der Waals surface area (Å²) >= 11 is 0. The van der Waals surface area contributed by atoms with Gasteiger partial charge in [-0.25, -0.2) is 9.97 Å². The highest BCUT2D eigenvalue weighted by Gasteiger charge is 2.61. The van der Waals surface area contributed by atoms with Crippen LogP contribution in [0.2, 0.25) is 0 Å². The molecule has 3 N–H and O–H groups in total. The Morgan fingerprint density at radius 1 is 1.31 bits per heavy atom.